The molecule has 0 saturated heterocycles. The van der Waals surface area contributed by atoms with Gasteiger partial charge in [0, 0.05) is 18.8 Å². The molecule has 1 aromatic rings. The predicted molar refractivity (Wildman–Crippen MR) is 80.5 cm³/mol. The van der Waals surface area contributed by atoms with Crippen LogP contribution in [0.25, 0.3) is 0 Å². The summed E-state index contributed by atoms with van der Waals surface area (Å²) in [5.74, 6) is 0.605. The molecule has 20 heavy (non-hydrogen) atoms. The number of aryl methyl sites for hydroxylation is 1. The molecule has 110 valence electrons. The van der Waals surface area contributed by atoms with Gasteiger partial charge in [0.25, 0.3) is 0 Å². The average molecular weight is 276 g/mol. The summed E-state index contributed by atoms with van der Waals surface area (Å²) in [7, 11) is 1.92. The lowest BCUT2D eigenvalue weighted by atomic mass is 10.1. The molecule has 1 fully saturated rings. The summed E-state index contributed by atoms with van der Waals surface area (Å²) in [6.07, 6.45) is 6.55. The maximum absolute atomic E-state index is 11.4. The van der Waals surface area contributed by atoms with E-state index in [0.29, 0.717) is 6.04 Å². The van der Waals surface area contributed by atoms with E-state index < -0.39 is 0 Å². The zero-order chi connectivity index (χ0) is 14.5. The van der Waals surface area contributed by atoms with Gasteiger partial charge in [-0.1, -0.05) is 12.8 Å². The van der Waals surface area contributed by atoms with Gasteiger partial charge < -0.3 is 16.0 Å². The normalized spacial score (nSPS) is 15.5. The molecular weight excluding hydrogens is 252 g/mol. The maximum Gasteiger partial charge on any atom is 0.237 e. The fourth-order valence-electron chi connectivity index (χ4n) is 2.99. The number of nitrogens with two attached hydrogens (primary N) is 1. The van der Waals surface area contributed by atoms with Crippen LogP contribution in [0, 0.1) is 6.92 Å². The van der Waals surface area contributed by atoms with E-state index in [0.717, 1.165) is 36.3 Å². The summed E-state index contributed by atoms with van der Waals surface area (Å²) in [4.78, 5) is 18.0. The van der Waals surface area contributed by atoms with Crippen LogP contribution in [-0.4, -0.2) is 30.5 Å². The van der Waals surface area contributed by atoms with E-state index in [-0.39, 0.29) is 12.5 Å². The third-order valence-electron chi connectivity index (χ3n) is 3.85. The Hall–Kier alpha value is -1.62. The number of anilines is 1. The molecule has 2 rings (SSSR count). The van der Waals surface area contributed by atoms with Crippen molar-refractivity contribution in [2.75, 3.05) is 18.5 Å². The number of rotatable bonds is 6. The van der Waals surface area contributed by atoms with Crippen molar-refractivity contribution in [2.24, 2.45) is 5.73 Å². The van der Waals surface area contributed by atoms with E-state index in [4.69, 9.17) is 5.73 Å². The third-order valence-corrected chi connectivity index (χ3v) is 3.85. The Morgan fingerprint density at radius 3 is 2.75 bits per heavy atom. The topological polar surface area (TPSA) is 71.2 Å². The molecule has 0 aromatic carbocycles. The van der Waals surface area contributed by atoms with E-state index in [2.05, 4.69) is 21.3 Å². The highest BCUT2D eigenvalue weighted by Gasteiger charge is 2.26. The minimum absolute atomic E-state index is 0.254. The number of nitrogens with zero attached hydrogens (tertiary/aromatic N) is 2. The van der Waals surface area contributed by atoms with Gasteiger partial charge in [0.05, 0.1) is 6.54 Å². The van der Waals surface area contributed by atoms with Crippen LogP contribution < -0.4 is 16.0 Å². The summed E-state index contributed by atoms with van der Waals surface area (Å²) in [6, 6.07) is 2.52. The van der Waals surface area contributed by atoms with Crippen LogP contribution in [0.4, 0.5) is 5.82 Å². The largest absolute Gasteiger partial charge is 0.368 e. The molecule has 5 heteroatoms. The summed E-state index contributed by atoms with van der Waals surface area (Å²) in [5.41, 5.74) is 7.66. The lowest BCUT2D eigenvalue weighted by Gasteiger charge is -2.30. The van der Waals surface area contributed by atoms with Gasteiger partial charge in [-0.15, -0.1) is 0 Å². The first kappa shape index (κ1) is 14.8. The minimum Gasteiger partial charge on any atom is -0.368 e. The molecule has 1 aliphatic carbocycles. The lowest BCUT2D eigenvalue weighted by molar-refractivity contribution is -0.116. The molecule has 0 unspecified atom stereocenters. The number of carbonyl (C=O) groups excluding carboxylic acids is 1. The van der Waals surface area contributed by atoms with E-state index in [9.17, 15) is 4.79 Å². The second kappa shape index (κ2) is 6.70. The van der Waals surface area contributed by atoms with Gasteiger partial charge in [0.2, 0.25) is 5.91 Å². The SMILES string of the molecule is CNCc1cnc(N(CC(N)=O)C2CCCC2)c(C)c1. The zero-order valence-corrected chi connectivity index (χ0v) is 12.4. The van der Waals surface area contributed by atoms with Gasteiger partial charge in [0.15, 0.2) is 0 Å². The van der Waals surface area contributed by atoms with Gasteiger partial charge in [-0.3, -0.25) is 4.79 Å². The monoisotopic (exact) mass is 276 g/mol. The molecule has 1 aromatic heterocycles. The van der Waals surface area contributed by atoms with Crippen molar-refractivity contribution < 1.29 is 4.79 Å². The molecule has 1 amide bonds. The molecule has 1 heterocycles. The molecule has 3 N–H and O–H groups in total. The number of nitrogens with one attached hydrogen (secondary N) is 1. The Kier molecular flexibility index (Phi) is 4.95. The van der Waals surface area contributed by atoms with Crippen LogP contribution in [0.1, 0.15) is 36.8 Å². The van der Waals surface area contributed by atoms with E-state index in [1.54, 1.807) is 0 Å². The Morgan fingerprint density at radius 1 is 1.50 bits per heavy atom. The third kappa shape index (κ3) is 3.48. The van der Waals surface area contributed by atoms with Gasteiger partial charge in [0.1, 0.15) is 5.82 Å². The van der Waals surface area contributed by atoms with Crippen LogP contribution in [0.2, 0.25) is 0 Å². The summed E-state index contributed by atoms with van der Waals surface area (Å²) in [5, 5.41) is 3.12. The number of hydrogen-bond acceptors (Lipinski definition) is 4. The molecular formula is C15H24N4O. The van der Waals surface area contributed by atoms with Crippen LogP contribution in [0.5, 0.6) is 0 Å². The second-order valence-electron chi connectivity index (χ2n) is 5.55. The smallest absolute Gasteiger partial charge is 0.237 e. The highest BCUT2D eigenvalue weighted by atomic mass is 16.1. The van der Waals surface area contributed by atoms with Crippen molar-refractivity contribution in [3.8, 4) is 0 Å². The van der Waals surface area contributed by atoms with E-state index in [1.807, 2.05) is 20.2 Å². The number of aromatic nitrogens is 1. The Balaban J connectivity index is 2.25. The van der Waals surface area contributed by atoms with Crippen molar-refractivity contribution in [3.05, 3.63) is 23.4 Å². The number of primary amides is 1. The van der Waals surface area contributed by atoms with E-state index >= 15 is 0 Å². The van der Waals surface area contributed by atoms with Crippen LogP contribution >= 0.6 is 0 Å². The molecule has 0 bridgehead atoms. The molecule has 1 aliphatic rings. The summed E-state index contributed by atoms with van der Waals surface area (Å²) in [6.45, 7) is 3.10. The first-order valence-electron chi connectivity index (χ1n) is 7.27. The zero-order valence-electron chi connectivity index (χ0n) is 12.4. The predicted octanol–water partition coefficient (Wildman–Crippen LogP) is 1.34. The number of pyridine rings is 1. The van der Waals surface area contributed by atoms with E-state index in [1.165, 1.54) is 12.8 Å². The lowest BCUT2D eigenvalue weighted by Crippen LogP contribution is -2.41. The first-order chi connectivity index (χ1) is 9.61. The van der Waals surface area contributed by atoms with Crippen molar-refractivity contribution >= 4 is 11.7 Å². The van der Waals surface area contributed by atoms with Crippen LogP contribution in [0.3, 0.4) is 0 Å². The molecule has 5 nitrogen and oxygen atoms in total. The first-order valence-corrected chi connectivity index (χ1v) is 7.27. The van der Waals surface area contributed by atoms with Gasteiger partial charge >= 0.3 is 0 Å². The maximum atomic E-state index is 11.4. The fraction of sp³-hybridized carbons (Fsp3) is 0.600. The highest BCUT2D eigenvalue weighted by molar-refractivity contribution is 5.79. The standard InChI is InChI=1S/C15H24N4O/c1-11-7-12(8-17-2)9-18-15(11)19(10-14(16)20)13-5-3-4-6-13/h7,9,13,17H,3-6,8,10H2,1-2H3,(H2,16,20). The molecule has 0 atom stereocenters. The quantitative estimate of drug-likeness (QED) is 0.822. The number of hydrogen-bond donors (Lipinski definition) is 2. The Bertz CT molecular complexity index is 469. The van der Waals surface area contributed by atoms with Gasteiger partial charge in [-0.25, -0.2) is 4.98 Å². The molecule has 0 spiro atoms. The average Bonchev–Trinajstić information content (AvgIpc) is 2.90. The van der Waals surface area contributed by atoms with Gasteiger partial charge in [-0.2, -0.15) is 0 Å². The Morgan fingerprint density at radius 2 is 2.20 bits per heavy atom. The van der Waals surface area contributed by atoms with Crippen LogP contribution in [-0.2, 0) is 11.3 Å². The number of carbonyl (C=O) groups is 1. The Labute approximate surface area is 120 Å². The van der Waals surface area contributed by atoms with Crippen molar-refractivity contribution in [1.29, 1.82) is 0 Å². The fourth-order valence-corrected chi connectivity index (χ4v) is 2.99. The van der Waals surface area contributed by atoms with Crippen molar-refractivity contribution in [3.63, 3.8) is 0 Å². The number of amides is 1. The second-order valence-corrected chi connectivity index (χ2v) is 5.55. The van der Waals surface area contributed by atoms with Gasteiger partial charge in [-0.05, 0) is 44.0 Å². The summed E-state index contributed by atoms with van der Waals surface area (Å²) >= 11 is 0. The van der Waals surface area contributed by atoms with Crippen molar-refractivity contribution in [2.45, 2.75) is 45.2 Å². The molecule has 0 radical (unpaired) electrons. The summed E-state index contributed by atoms with van der Waals surface area (Å²) < 4.78 is 0. The molecule has 1 saturated carbocycles. The minimum atomic E-state index is -0.294. The molecule has 0 aliphatic heterocycles. The van der Waals surface area contributed by atoms with Crippen LogP contribution in [0.15, 0.2) is 12.3 Å². The van der Waals surface area contributed by atoms with Crippen molar-refractivity contribution in [1.82, 2.24) is 10.3 Å². The highest BCUT2D eigenvalue weighted by Crippen LogP contribution is 2.29.